The number of aryl methyl sites for hydroxylation is 1. The van der Waals surface area contributed by atoms with Gasteiger partial charge in [0, 0.05) is 64.0 Å². The summed E-state index contributed by atoms with van der Waals surface area (Å²) in [4.78, 5) is 46.5. The second kappa shape index (κ2) is 18.7. The van der Waals surface area contributed by atoms with E-state index in [0.29, 0.717) is 74.9 Å². The standard InChI is InChI=1S/C44H50F3N11O6/c1-54-40-27(4-2-6-30(40)38(52-54)31-11-12-37(60)51-43(31)61)5-3-18-64-35-13-15-55(23-33(35)45)21-26-7-9-28(10-8-26)58-24-34(39(53-58)41(46)47)49-44(62)32-20-48-57-16-14-36(50-42(32)57)56-17-19-63-29(22-56)25-59/h2,4,6,14,16,20,24,26,28-29,31,33,35,41,59H,7-13,15,17-19,21-23,25H2,1H3,(H,49,62)(H,51,60,61)/t26?,28?,29-,31+,33+,35-/m0/s1. The molecule has 0 radical (unpaired) electrons. The Kier molecular flexibility index (Phi) is 12.7. The summed E-state index contributed by atoms with van der Waals surface area (Å²) < 4.78 is 60.2. The first-order chi connectivity index (χ1) is 31.0. The number of imide groups is 1. The highest BCUT2D eigenvalue weighted by Gasteiger charge is 2.34. The number of alkyl halides is 3. The van der Waals surface area contributed by atoms with Crippen LogP contribution in [0.3, 0.4) is 0 Å². The predicted octanol–water partition coefficient (Wildman–Crippen LogP) is 3.93. The van der Waals surface area contributed by atoms with Gasteiger partial charge in [0.2, 0.25) is 11.8 Å². The Labute approximate surface area is 366 Å². The highest BCUT2D eigenvalue weighted by atomic mass is 19.3. The number of hydrogen-bond donors (Lipinski definition) is 3. The van der Waals surface area contributed by atoms with Crippen LogP contribution in [-0.4, -0.2) is 133 Å². The van der Waals surface area contributed by atoms with Crippen LogP contribution in [0, 0.1) is 17.8 Å². The molecule has 1 aliphatic carbocycles. The number of aromatic nitrogens is 7. The third kappa shape index (κ3) is 9.07. The number of hydrogen-bond acceptors (Lipinski definition) is 12. The van der Waals surface area contributed by atoms with Gasteiger partial charge in [-0.05, 0) is 56.6 Å². The van der Waals surface area contributed by atoms with Crippen molar-refractivity contribution in [1.29, 1.82) is 0 Å². The number of benzene rings is 1. The molecule has 4 aliphatic rings. The van der Waals surface area contributed by atoms with Crippen LogP contribution in [-0.2, 0) is 26.1 Å². The van der Waals surface area contributed by atoms with Crippen molar-refractivity contribution in [2.75, 3.05) is 62.8 Å². The molecule has 3 aliphatic heterocycles. The maximum absolute atomic E-state index is 15.5. The van der Waals surface area contributed by atoms with E-state index in [0.717, 1.165) is 30.3 Å². The summed E-state index contributed by atoms with van der Waals surface area (Å²) in [7, 11) is 1.79. The largest absolute Gasteiger partial charge is 0.394 e. The van der Waals surface area contributed by atoms with Gasteiger partial charge < -0.3 is 24.8 Å². The van der Waals surface area contributed by atoms with Gasteiger partial charge >= 0.3 is 0 Å². The van der Waals surface area contributed by atoms with Crippen LogP contribution in [0.5, 0.6) is 0 Å². The lowest BCUT2D eigenvalue weighted by Crippen LogP contribution is -2.47. The van der Waals surface area contributed by atoms with Gasteiger partial charge in [-0.1, -0.05) is 24.0 Å². The number of carbonyl (C=O) groups is 3. The molecule has 3 saturated heterocycles. The number of aliphatic hydroxyl groups excluding tert-OH is 1. The minimum absolute atomic E-state index is 0.0522. The van der Waals surface area contributed by atoms with E-state index >= 15 is 4.39 Å². The van der Waals surface area contributed by atoms with E-state index in [2.05, 4.69) is 47.7 Å². The summed E-state index contributed by atoms with van der Waals surface area (Å²) >= 11 is 0. The fourth-order valence-electron chi connectivity index (χ4n) is 9.49. The van der Waals surface area contributed by atoms with Gasteiger partial charge in [0.05, 0.1) is 66.0 Å². The molecular weight excluding hydrogens is 836 g/mol. The molecule has 64 heavy (non-hydrogen) atoms. The van der Waals surface area contributed by atoms with Gasteiger partial charge in [0.1, 0.15) is 24.2 Å². The SMILES string of the molecule is Cn1nc([C@H]2CCC(=O)NC2=O)c2cccc(C#CCO[C@H]3CCN(CC4CCC(n5cc(NC(=O)c6cnn7ccc(N8CCO[C@H](CO)C8)nc67)c(C(F)F)n5)CC4)C[C@H]3F)c21. The molecule has 5 aromatic rings. The first-order valence-corrected chi connectivity index (χ1v) is 21.8. The van der Waals surface area contributed by atoms with Crippen LogP contribution in [0.2, 0.25) is 0 Å². The average molecular weight is 886 g/mol. The number of ether oxygens (including phenoxy) is 2. The van der Waals surface area contributed by atoms with E-state index in [1.165, 1.54) is 21.6 Å². The number of amides is 3. The minimum atomic E-state index is -2.92. The van der Waals surface area contributed by atoms with Crippen LogP contribution in [0.4, 0.5) is 24.7 Å². The second-order valence-electron chi connectivity index (χ2n) is 17.0. The average Bonchev–Trinajstić information content (AvgIpc) is 4.01. The van der Waals surface area contributed by atoms with E-state index in [4.69, 9.17) is 9.47 Å². The topological polar surface area (TPSA) is 186 Å². The summed E-state index contributed by atoms with van der Waals surface area (Å²) in [6.07, 6.45) is 3.64. The van der Waals surface area contributed by atoms with Crippen LogP contribution in [0.1, 0.15) is 90.6 Å². The second-order valence-corrected chi connectivity index (χ2v) is 17.0. The number of piperidine rings is 2. The maximum atomic E-state index is 15.5. The van der Waals surface area contributed by atoms with Gasteiger partial charge in [-0.25, -0.2) is 22.7 Å². The van der Waals surface area contributed by atoms with Crippen molar-refractivity contribution >= 4 is 45.8 Å². The lowest BCUT2D eigenvalue weighted by Gasteiger charge is -2.38. The molecule has 4 fully saturated rings. The molecule has 20 heteroatoms. The monoisotopic (exact) mass is 885 g/mol. The number of likely N-dealkylation sites (tertiary alicyclic amines) is 1. The zero-order valence-corrected chi connectivity index (χ0v) is 35.3. The third-order valence-corrected chi connectivity index (χ3v) is 12.8. The molecule has 17 nitrogen and oxygen atoms in total. The number of carbonyl (C=O) groups excluding carboxylic acids is 3. The molecule has 9 rings (SSSR count). The number of fused-ring (bicyclic) bond motifs is 2. The lowest BCUT2D eigenvalue weighted by molar-refractivity contribution is -0.134. The zero-order valence-electron chi connectivity index (χ0n) is 35.3. The Morgan fingerprint density at radius 2 is 1.94 bits per heavy atom. The molecule has 0 bridgehead atoms. The Morgan fingerprint density at radius 1 is 1.09 bits per heavy atom. The van der Waals surface area contributed by atoms with Crippen molar-refractivity contribution in [3.8, 4) is 11.8 Å². The van der Waals surface area contributed by atoms with Gasteiger partial charge in [-0.3, -0.25) is 34.0 Å². The molecule has 338 valence electrons. The highest BCUT2D eigenvalue weighted by molar-refractivity contribution is 6.08. The number of nitrogens with zero attached hydrogens (tertiary/aromatic N) is 9. The fourth-order valence-corrected chi connectivity index (χ4v) is 9.49. The summed E-state index contributed by atoms with van der Waals surface area (Å²) in [6.45, 7) is 2.95. The third-order valence-electron chi connectivity index (χ3n) is 12.8. The predicted molar refractivity (Wildman–Crippen MR) is 227 cm³/mol. The number of anilines is 2. The molecule has 1 saturated carbocycles. The first kappa shape index (κ1) is 43.4. The maximum Gasteiger partial charge on any atom is 0.284 e. The quantitative estimate of drug-likeness (QED) is 0.129. The fraction of sp³-hybridized carbons (Fsp3) is 0.523. The number of rotatable bonds is 11. The Hall–Kier alpha value is -5.88. The summed E-state index contributed by atoms with van der Waals surface area (Å²) in [5.41, 5.74) is 1.87. The van der Waals surface area contributed by atoms with Crippen molar-refractivity contribution < 1.29 is 42.1 Å². The van der Waals surface area contributed by atoms with Crippen molar-refractivity contribution in [1.82, 2.24) is 44.4 Å². The van der Waals surface area contributed by atoms with Crippen LogP contribution >= 0.6 is 0 Å². The van der Waals surface area contributed by atoms with Crippen LogP contribution in [0.15, 0.2) is 42.9 Å². The van der Waals surface area contributed by atoms with Gasteiger partial charge in [0.15, 0.2) is 11.3 Å². The summed E-state index contributed by atoms with van der Waals surface area (Å²) in [6, 6.07) is 7.22. The van der Waals surface area contributed by atoms with E-state index in [1.54, 1.807) is 24.0 Å². The molecule has 4 atom stereocenters. The Balaban J connectivity index is 0.756. The smallest absolute Gasteiger partial charge is 0.284 e. The molecular formula is C44H50F3N11O6. The van der Waals surface area contributed by atoms with Gasteiger partial charge in [0.25, 0.3) is 12.3 Å². The van der Waals surface area contributed by atoms with E-state index < -0.39 is 36.2 Å². The molecule has 4 aromatic heterocycles. The lowest BCUT2D eigenvalue weighted by atomic mass is 9.85. The van der Waals surface area contributed by atoms with Gasteiger partial charge in [-0.15, -0.1) is 0 Å². The Bertz CT molecular complexity index is 2590. The normalized spacial score (nSPS) is 24.6. The molecule has 0 spiro atoms. The van der Waals surface area contributed by atoms with Crippen molar-refractivity contribution in [3.05, 3.63) is 65.4 Å². The van der Waals surface area contributed by atoms with Crippen molar-refractivity contribution in [2.24, 2.45) is 13.0 Å². The van der Waals surface area contributed by atoms with E-state index in [1.807, 2.05) is 23.1 Å². The molecule has 3 amide bonds. The minimum Gasteiger partial charge on any atom is -0.394 e. The number of halogens is 3. The molecule has 0 unspecified atom stereocenters. The van der Waals surface area contributed by atoms with Crippen LogP contribution < -0.4 is 15.5 Å². The zero-order chi connectivity index (χ0) is 44.5. The van der Waals surface area contributed by atoms with Crippen molar-refractivity contribution in [2.45, 2.75) is 81.7 Å². The number of nitrogens with one attached hydrogen (secondary N) is 2. The summed E-state index contributed by atoms with van der Waals surface area (Å²) in [5, 5.41) is 28.5. The molecule has 1 aromatic carbocycles. The number of para-hydroxylation sites is 1. The van der Waals surface area contributed by atoms with Crippen molar-refractivity contribution in [3.63, 3.8) is 0 Å². The Morgan fingerprint density at radius 3 is 2.72 bits per heavy atom. The van der Waals surface area contributed by atoms with Crippen LogP contribution in [0.25, 0.3) is 16.6 Å². The van der Waals surface area contributed by atoms with E-state index in [-0.39, 0.29) is 67.0 Å². The highest BCUT2D eigenvalue weighted by Crippen LogP contribution is 2.36. The van der Waals surface area contributed by atoms with Gasteiger partial charge in [-0.2, -0.15) is 15.3 Å². The first-order valence-electron chi connectivity index (χ1n) is 21.8. The molecule has 3 N–H and O–H groups in total. The molecule has 7 heterocycles. The van der Waals surface area contributed by atoms with E-state index in [9.17, 15) is 28.3 Å². The summed E-state index contributed by atoms with van der Waals surface area (Å²) in [5.74, 6) is 5.25. The number of morpholine rings is 1. The number of aliphatic hydroxyl groups is 1.